The Hall–Kier alpha value is -1.75. The average molecular weight is 242 g/mol. The zero-order chi connectivity index (χ0) is 12.1. The number of H-pyrrole nitrogens is 1. The van der Waals surface area contributed by atoms with Gasteiger partial charge in [-0.25, -0.2) is 4.79 Å². The Morgan fingerprint density at radius 2 is 2.44 bits per heavy atom. The summed E-state index contributed by atoms with van der Waals surface area (Å²) < 4.78 is 4.65. The molecule has 0 radical (unpaired) electrons. The number of aliphatic hydroxyl groups is 1. The Labute approximate surface area is 97.2 Å². The van der Waals surface area contributed by atoms with E-state index >= 15 is 0 Å². The number of esters is 1. The highest BCUT2D eigenvalue weighted by Crippen LogP contribution is 2.18. The Kier molecular flexibility index (Phi) is 4.13. The van der Waals surface area contributed by atoms with Crippen molar-refractivity contribution in [2.45, 2.75) is 6.92 Å². The fourth-order valence-electron chi connectivity index (χ4n) is 1.07. The molecule has 1 rings (SSSR count). The minimum absolute atomic E-state index is 0.148. The summed E-state index contributed by atoms with van der Waals surface area (Å²) in [5.41, 5.74) is -0.112. The molecule has 0 aliphatic heterocycles. The topological polar surface area (TPSA) is 84.6 Å². The lowest BCUT2D eigenvalue weighted by Gasteiger charge is -2.07. The maximum atomic E-state index is 11.3. The standard InChI is InChI=1S/C10H10ClN2O3/c1-2-16-10(15)7(4-12)9(14)8-3-6(11)5-13-8/h3-5,13-14H,2H2,1H3/q-1/b9-7-. The zero-order valence-electron chi connectivity index (χ0n) is 8.53. The predicted molar refractivity (Wildman–Crippen MR) is 61.4 cm³/mol. The summed E-state index contributed by atoms with van der Waals surface area (Å²) in [6.45, 7) is 1.77. The van der Waals surface area contributed by atoms with Gasteiger partial charge in [0.05, 0.1) is 22.9 Å². The van der Waals surface area contributed by atoms with Crippen LogP contribution in [0.4, 0.5) is 0 Å². The second kappa shape index (κ2) is 5.37. The number of halogens is 1. The highest BCUT2D eigenvalue weighted by Gasteiger charge is 2.14. The lowest BCUT2D eigenvalue weighted by atomic mass is 10.2. The number of aliphatic hydroxyl groups excluding tert-OH is 1. The lowest BCUT2D eigenvalue weighted by Crippen LogP contribution is -2.10. The molecule has 0 aliphatic carbocycles. The Bertz CT molecular complexity index is 437. The number of carbonyl (C=O) groups excluding carboxylic acids is 1. The van der Waals surface area contributed by atoms with Crippen molar-refractivity contribution >= 4 is 29.5 Å². The number of ether oxygens (including phenoxy) is 1. The maximum Gasteiger partial charge on any atom is 0.340 e. The van der Waals surface area contributed by atoms with Crippen LogP contribution < -0.4 is 0 Å². The molecule has 0 atom stereocenters. The number of aromatic nitrogens is 1. The van der Waals surface area contributed by atoms with Gasteiger partial charge in [-0.05, 0) is 13.0 Å². The smallest absolute Gasteiger partial charge is 0.340 e. The number of aromatic amines is 1. The molecular formula is C10H10ClN2O3-. The number of nitrogens with one attached hydrogen (secondary N) is 1. The van der Waals surface area contributed by atoms with Crippen LogP contribution in [0.15, 0.2) is 17.8 Å². The molecule has 16 heavy (non-hydrogen) atoms. The van der Waals surface area contributed by atoms with Crippen LogP contribution >= 0.6 is 11.6 Å². The SMILES string of the molecule is CCOC(=O)/C(C=[N-])=C(\O)c1cc(Cl)c[nH]1. The van der Waals surface area contributed by atoms with E-state index in [1.54, 1.807) is 6.92 Å². The number of rotatable bonds is 4. The normalized spacial score (nSPS) is 11.9. The van der Waals surface area contributed by atoms with E-state index in [0.717, 1.165) is 0 Å². The third-order valence-electron chi connectivity index (χ3n) is 1.78. The summed E-state index contributed by atoms with van der Waals surface area (Å²) in [6.07, 6.45) is 1.93. The first kappa shape index (κ1) is 12.3. The van der Waals surface area contributed by atoms with Crippen LogP contribution in [-0.4, -0.2) is 28.9 Å². The molecule has 0 bridgehead atoms. The molecule has 0 saturated carbocycles. The van der Waals surface area contributed by atoms with Crippen molar-refractivity contribution in [1.29, 1.82) is 0 Å². The number of carbonyl (C=O) groups is 1. The number of hydrogen-bond acceptors (Lipinski definition) is 3. The van der Waals surface area contributed by atoms with Crippen molar-refractivity contribution in [1.82, 2.24) is 4.98 Å². The molecule has 6 heteroatoms. The molecule has 0 spiro atoms. The van der Waals surface area contributed by atoms with Crippen molar-refractivity contribution in [3.8, 4) is 0 Å². The summed E-state index contributed by atoms with van der Waals surface area (Å²) in [7, 11) is 0. The molecule has 0 unspecified atom stereocenters. The van der Waals surface area contributed by atoms with Gasteiger partial charge in [-0.2, -0.15) is 6.21 Å². The second-order valence-corrected chi connectivity index (χ2v) is 3.28. The molecule has 0 aliphatic rings. The van der Waals surface area contributed by atoms with Gasteiger partial charge >= 0.3 is 5.97 Å². The van der Waals surface area contributed by atoms with Gasteiger partial charge < -0.3 is 20.2 Å². The largest absolute Gasteiger partial charge is 0.810 e. The van der Waals surface area contributed by atoms with Crippen LogP contribution in [0.2, 0.25) is 5.02 Å². The molecule has 0 fully saturated rings. The molecule has 0 aromatic carbocycles. The van der Waals surface area contributed by atoms with Crippen molar-refractivity contribution in [2.24, 2.45) is 0 Å². The van der Waals surface area contributed by atoms with Gasteiger partial charge in [-0.1, -0.05) is 11.6 Å². The van der Waals surface area contributed by atoms with E-state index in [-0.39, 0.29) is 17.9 Å². The van der Waals surface area contributed by atoms with Gasteiger partial charge in [0.2, 0.25) is 0 Å². The highest BCUT2D eigenvalue weighted by atomic mass is 35.5. The van der Waals surface area contributed by atoms with Gasteiger partial charge in [0.1, 0.15) is 0 Å². The van der Waals surface area contributed by atoms with Gasteiger partial charge in [-0.15, -0.1) is 0 Å². The monoisotopic (exact) mass is 241 g/mol. The third-order valence-corrected chi connectivity index (χ3v) is 2.00. The van der Waals surface area contributed by atoms with Crippen molar-refractivity contribution in [3.05, 3.63) is 34.0 Å². The highest BCUT2D eigenvalue weighted by molar-refractivity contribution is 6.30. The summed E-state index contributed by atoms with van der Waals surface area (Å²) in [5, 5.41) is 18.9. The molecule has 1 aromatic rings. The van der Waals surface area contributed by atoms with Crippen LogP contribution in [0.25, 0.3) is 11.2 Å². The molecule has 1 heterocycles. The molecule has 0 amide bonds. The predicted octanol–water partition coefficient (Wildman–Crippen LogP) is 2.14. The van der Waals surface area contributed by atoms with Crippen molar-refractivity contribution < 1.29 is 14.6 Å². The van der Waals surface area contributed by atoms with E-state index in [2.05, 4.69) is 9.72 Å². The maximum absolute atomic E-state index is 11.3. The fourth-order valence-corrected chi connectivity index (χ4v) is 1.23. The van der Waals surface area contributed by atoms with Gasteiger partial charge in [0.15, 0.2) is 5.76 Å². The van der Waals surface area contributed by atoms with Crippen LogP contribution in [0, 0.1) is 0 Å². The number of hydrogen-bond donors (Lipinski definition) is 2. The number of nitrogens with zero attached hydrogens (tertiary/aromatic N) is 1. The van der Waals surface area contributed by atoms with Crippen LogP contribution in [-0.2, 0) is 9.53 Å². The summed E-state index contributed by atoms with van der Waals surface area (Å²) >= 11 is 5.64. The van der Waals surface area contributed by atoms with Crippen LogP contribution in [0.3, 0.4) is 0 Å². The molecule has 1 aromatic heterocycles. The molecule has 5 nitrogen and oxygen atoms in total. The Morgan fingerprint density at radius 3 is 2.88 bits per heavy atom. The zero-order valence-corrected chi connectivity index (χ0v) is 9.28. The van der Waals surface area contributed by atoms with E-state index in [1.807, 2.05) is 0 Å². The van der Waals surface area contributed by atoms with Crippen LogP contribution in [0.5, 0.6) is 0 Å². The lowest BCUT2D eigenvalue weighted by molar-refractivity contribution is -0.137. The quantitative estimate of drug-likeness (QED) is 0.367. The van der Waals surface area contributed by atoms with E-state index in [0.29, 0.717) is 11.2 Å². The first-order valence-electron chi connectivity index (χ1n) is 4.52. The minimum Gasteiger partial charge on any atom is -0.810 e. The average Bonchev–Trinajstić information content (AvgIpc) is 2.66. The Morgan fingerprint density at radius 1 is 1.75 bits per heavy atom. The summed E-state index contributed by atoms with van der Waals surface area (Å²) in [6, 6.07) is 1.42. The first-order chi connectivity index (χ1) is 7.60. The minimum atomic E-state index is -0.812. The Balaban J connectivity index is 3.08. The summed E-state index contributed by atoms with van der Waals surface area (Å²) in [4.78, 5) is 14.0. The molecule has 2 N–H and O–H groups in total. The second-order valence-electron chi connectivity index (χ2n) is 2.84. The van der Waals surface area contributed by atoms with Gasteiger partial charge in [0, 0.05) is 6.20 Å². The molecule has 86 valence electrons. The van der Waals surface area contributed by atoms with Gasteiger partial charge in [0.25, 0.3) is 0 Å². The van der Waals surface area contributed by atoms with Crippen molar-refractivity contribution in [3.63, 3.8) is 0 Å². The first-order valence-corrected chi connectivity index (χ1v) is 4.90. The van der Waals surface area contributed by atoms with Crippen LogP contribution in [0.1, 0.15) is 12.6 Å². The van der Waals surface area contributed by atoms with Crippen molar-refractivity contribution in [2.75, 3.05) is 6.61 Å². The van der Waals surface area contributed by atoms with E-state index < -0.39 is 11.7 Å². The van der Waals surface area contributed by atoms with E-state index in [4.69, 9.17) is 17.0 Å². The molecular weight excluding hydrogens is 232 g/mol. The summed E-state index contributed by atoms with van der Waals surface area (Å²) in [5.74, 6) is -1.24. The van der Waals surface area contributed by atoms with E-state index in [1.165, 1.54) is 12.3 Å². The fraction of sp³-hybridized carbons (Fsp3) is 0.200. The molecule has 0 saturated heterocycles. The third kappa shape index (κ3) is 2.64. The van der Waals surface area contributed by atoms with Gasteiger partial charge in [-0.3, -0.25) is 0 Å². The van der Waals surface area contributed by atoms with E-state index in [9.17, 15) is 9.90 Å².